The van der Waals surface area contributed by atoms with Crippen molar-refractivity contribution in [2.45, 2.75) is 4.90 Å². The van der Waals surface area contributed by atoms with Gasteiger partial charge in [-0.3, -0.25) is 0 Å². The molecule has 0 aromatic heterocycles. The number of hydrogen-bond donors (Lipinski definition) is 0. The van der Waals surface area contributed by atoms with Gasteiger partial charge in [-0.05, 0) is 30.4 Å². The number of benzene rings is 1. The van der Waals surface area contributed by atoms with Gasteiger partial charge in [0, 0.05) is 12.5 Å². The van der Waals surface area contributed by atoms with E-state index in [1.807, 2.05) is 0 Å². The minimum absolute atomic E-state index is 0.0277. The van der Waals surface area contributed by atoms with Crippen molar-refractivity contribution in [3.63, 3.8) is 0 Å². The number of ether oxygens (including phenoxy) is 2. The quantitative estimate of drug-likeness (QED) is 0.719. The number of esters is 2. The number of sulfone groups is 1. The van der Waals surface area contributed by atoms with Gasteiger partial charge < -0.3 is 14.4 Å². The Labute approximate surface area is 156 Å². The van der Waals surface area contributed by atoms with Gasteiger partial charge in [-0.1, -0.05) is 17.7 Å². The van der Waals surface area contributed by atoms with E-state index in [0.29, 0.717) is 5.69 Å². The minimum atomic E-state index is -3.45. The molecule has 0 saturated heterocycles. The van der Waals surface area contributed by atoms with Crippen LogP contribution in [0, 0.1) is 0 Å². The second-order valence-corrected chi connectivity index (χ2v) is 7.62. The number of anilines is 1. The van der Waals surface area contributed by atoms with Crippen LogP contribution in [0.3, 0.4) is 0 Å². The number of hydrogen-bond acceptors (Lipinski definition) is 7. The fourth-order valence-electron chi connectivity index (χ4n) is 2.26. The van der Waals surface area contributed by atoms with Gasteiger partial charge in [-0.2, -0.15) is 0 Å². The van der Waals surface area contributed by atoms with Crippen LogP contribution in [-0.4, -0.2) is 40.8 Å². The lowest BCUT2D eigenvalue weighted by Gasteiger charge is -2.24. The Kier molecular flexibility index (Phi) is 5.89. The molecule has 1 aromatic rings. The number of rotatable bonds is 4. The van der Waals surface area contributed by atoms with Crippen LogP contribution in [0.4, 0.5) is 5.69 Å². The van der Waals surface area contributed by atoms with Gasteiger partial charge in [0.1, 0.15) is 5.70 Å². The van der Waals surface area contributed by atoms with Gasteiger partial charge in [0.25, 0.3) is 0 Å². The van der Waals surface area contributed by atoms with Crippen LogP contribution < -0.4 is 4.90 Å². The largest absolute Gasteiger partial charge is 0.465 e. The molecule has 0 amide bonds. The van der Waals surface area contributed by atoms with E-state index in [1.54, 1.807) is 12.2 Å². The van der Waals surface area contributed by atoms with Crippen LogP contribution in [0.15, 0.2) is 58.8 Å². The number of carbonyl (C=O) groups is 2. The first-order chi connectivity index (χ1) is 12.2. The van der Waals surface area contributed by atoms with E-state index in [2.05, 4.69) is 0 Å². The molecule has 1 heterocycles. The fraction of sp³-hybridized carbons (Fsp3) is 0.176. The van der Waals surface area contributed by atoms with Crippen molar-refractivity contribution in [2.75, 3.05) is 25.4 Å². The van der Waals surface area contributed by atoms with Crippen LogP contribution in [0.5, 0.6) is 0 Å². The average molecular weight is 398 g/mol. The first-order valence-corrected chi connectivity index (χ1v) is 9.52. The summed E-state index contributed by atoms with van der Waals surface area (Å²) in [6, 6.07) is 4.06. The summed E-state index contributed by atoms with van der Waals surface area (Å²) in [6.07, 6.45) is 7.10. The van der Waals surface area contributed by atoms with Crippen LogP contribution in [0.1, 0.15) is 0 Å². The summed E-state index contributed by atoms with van der Waals surface area (Å²) < 4.78 is 32.9. The van der Waals surface area contributed by atoms with Crippen molar-refractivity contribution < 1.29 is 27.5 Å². The van der Waals surface area contributed by atoms with E-state index in [4.69, 9.17) is 21.1 Å². The molecule has 0 atom stereocenters. The summed E-state index contributed by atoms with van der Waals surface area (Å²) in [5.74, 6) is -1.52. The Morgan fingerprint density at radius 3 is 2.27 bits per heavy atom. The SMILES string of the molecule is COC(=O)C1=C(C(=O)OC)N(c2ccc(S(C)(=O)=O)cc2Cl)C=CC=C1. The zero-order chi connectivity index (χ0) is 19.5. The molecule has 0 aliphatic carbocycles. The molecule has 0 bridgehead atoms. The lowest BCUT2D eigenvalue weighted by Crippen LogP contribution is -2.27. The first kappa shape index (κ1) is 19.7. The van der Waals surface area contributed by atoms with E-state index in [-0.39, 0.29) is 21.2 Å². The zero-order valence-corrected chi connectivity index (χ0v) is 15.8. The predicted octanol–water partition coefficient (Wildman–Crippen LogP) is 2.23. The van der Waals surface area contributed by atoms with Gasteiger partial charge in [0.2, 0.25) is 0 Å². The summed E-state index contributed by atoms with van der Waals surface area (Å²) in [5.41, 5.74) is 0.145. The van der Waals surface area contributed by atoms with E-state index < -0.39 is 21.8 Å². The molecule has 0 saturated carbocycles. The zero-order valence-electron chi connectivity index (χ0n) is 14.2. The summed E-state index contributed by atoms with van der Waals surface area (Å²) in [4.78, 5) is 25.8. The van der Waals surface area contributed by atoms with Crippen molar-refractivity contribution >= 4 is 39.1 Å². The van der Waals surface area contributed by atoms with Crippen LogP contribution in [0.2, 0.25) is 5.02 Å². The predicted molar refractivity (Wildman–Crippen MR) is 96.4 cm³/mol. The highest BCUT2D eigenvalue weighted by Crippen LogP contribution is 2.33. The van der Waals surface area contributed by atoms with Crippen molar-refractivity contribution in [1.82, 2.24) is 0 Å². The highest BCUT2D eigenvalue weighted by molar-refractivity contribution is 7.90. The normalized spacial score (nSPS) is 14.2. The highest BCUT2D eigenvalue weighted by Gasteiger charge is 2.28. The third-order valence-electron chi connectivity index (χ3n) is 3.50. The molecule has 7 nitrogen and oxygen atoms in total. The molecule has 1 aliphatic heterocycles. The Balaban J connectivity index is 2.69. The fourth-order valence-corrected chi connectivity index (χ4v) is 3.25. The molecule has 26 heavy (non-hydrogen) atoms. The van der Waals surface area contributed by atoms with Gasteiger partial charge in [-0.25, -0.2) is 18.0 Å². The molecule has 0 unspecified atom stereocenters. The lowest BCUT2D eigenvalue weighted by molar-refractivity contribution is -0.139. The monoisotopic (exact) mass is 397 g/mol. The highest BCUT2D eigenvalue weighted by atomic mass is 35.5. The maximum absolute atomic E-state index is 12.3. The molecule has 138 valence electrons. The molecule has 0 fully saturated rings. The average Bonchev–Trinajstić information content (AvgIpc) is 2.82. The Morgan fingerprint density at radius 1 is 1.08 bits per heavy atom. The lowest BCUT2D eigenvalue weighted by atomic mass is 10.1. The summed E-state index contributed by atoms with van der Waals surface area (Å²) in [6.45, 7) is 0. The molecule has 1 aromatic carbocycles. The number of carbonyl (C=O) groups excluding carboxylic acids is 2. The molecule has 1 aliphatic rings. The molecule has 0 N–H and O–H groups in total. The third kappa shape index (κ3) is 3.97. The maximum Gasteiger partial charge on any atom is 0.355 e. The van der Waals surface area contributed by atoms with Crippen molar-refractivity contribution in [3.05, 3.63) is 58.9 Å². The molecule has 2 rings (SSSR count). The van der Waals surface area contributed by atoms with Crippen LogP contribution in [0.25, 0.3) is 0 Å². The molecular weight excluding hydrogens is 382 g/mol. The van der Waals surface area contributed by atoms with E-state index >= 15 is 0 Å². The summed E-state index contributed by atoms with van der Waals surface area (Å²) in [7, 11) is -1.09. The molecule has 9 heteroatoms. The van der Waals surface area contributed by atoms with E-state index in [9.17, 15) is 18.0 Å². The van der Waals surface area contributed by atoms with Gasteiger partial charge >= 0.3 is 11.9 Å². The standard InChI is InChI=1S/C17H16ClNO6S/c1-24-16(20)12-6-4-5-9-19(15(12)17(21)25-2)14-8-7-11(10-13(14)18)26(3,22)23/h4-10H,1-3H3. The number of halogens is 1. The van der Waals surface area contributed by atoms with Crippen molar-refractivity contribution in [2.24, 2.45) is 0 Å². The Hall–Kier alpha value is -2.58. The maximum atomic E-state index is 12.3. The van der Waals surface area contributed by atoms with Gasteiger partial charge in [0.05, 0.1) is 35.4 Å². The smallest absolute Gasteiger partial charge is 0.355 e. The Bertz CT molecular complexity index is 946. The minimum Gasteiger partial charge on any atom is -0.465 e. The number of methoxy groups -OCH3 is 2. The first-order valence-electron chi connectivity index (χ1n) is 7.25. The second kappa shape index (κ2) is 7.76. The van der Waals surface area contributed by atoms with Gasteiger partial charge in [-0.15, -0.1) is 0 Å². The topological polar surface area (TPSA) is 90.0 Å². The van der Waals surface area contributed by atoms with Crippen LogP contribution in [-0.2, 0) is 28.9 Å². The van der Waals surface area contributed by atoms with Crippen LogP contribution >= 0.6 is 11.6 Å². The number of nitrogens with zero attached hydrogens (tertiary/aromatic N) is 1. The third-order valence-corrected chi connectivity index (χ3v) is 4.91. The molecule has 0 radical (unpaired) electrons. The van der Waals surface area contributed by atoms with E-state index in [1.165, 1.54) is 49.6 Å². The second-order valence-electron chi connectivity index (χ2n) is 5.20. The Morgan fingerprint density at radius 2 is 1.73 bits per heavy atom. The number of allylic oxidation sites excluding steroid dienone is 2. The summed E-state index contributed by atoms with van der Waals surface area (Å²) in [5, 5.41) is 0.0742. The van der Waals surface area contributed by atoms with E-state index in [0.717, 1.165) is 6.26 Å². The van der Waals surface area contributed by atoms with Crippen molar-refractivity contribution in [1.29, 1.82) is 0 Å². The molecular formula is C17H16ClNO6S. The van der Waals surface area contributed by atoms with Gasteiger partial charge in [0.15, 0.2) is 9.84 Å². The molecule has 0 spiro atoms. The van der Waals surface area contributed by atoms with Crippen molar-refractivity contribution in [3.8, 4) is 0 Å². The summed E-state index contributed by atoms with van der Waals surface area (Å²) >= 11 is 6.25.